The Labute approximate surface area is 206 Å². The minimum Gasteiger partial charge on any atom is -0.508 e. The third kappa shape index (κ3) is 8.81. The minimum absolute atomic E-state index is 0.0330. The van der Waals surface area contributed by atoms with Crippen LogP contribution in [0.15, 0.2) is 102 Å². The highest BCUT2D eigenvalue weighted by Gasteiger charge is 2.09. The fourth-order valence-corrected chi connectivity index (χ4v) is 2.90. The molecule has 0 aliphatic heterocycles. The zero-order valence-electron chi connectivity index (χ0n) is 17.9. The molecule has 0 saturated carbocycles. The summed E-state index contributed by atoms with van der Waals surface area (Å²) < 4.78 is 1.00. The van der Waals surface area contributed by atoms with E-state index in [4.69, 9.17) is 25.7 Å². The molecule has 34 heavy (non-hydrogen) atoms. The molecule has 4 aromatic carbocycles. The van der Waals surface area contributed by atoms with Crippen molar-refractivity contribution in [3.63, 3.8) is 0 Å². The molecule has 4 aromatic rings. The lowest BCUT2D eigenvalue weighted by Gasteiger charge is -2.01. The first-order valence-electron chi connectivity index (χ1n) is 9.92. The van der Waals surface area contributed by atoms with Crippen LogP contribution in [-0.2, 0) is 0 Å². The molecule has 0 unspecified atom stereocenters. The van der Waals surface area contributed by atoms with E-state index in [1.807, 2.05) is 36.4 Å². The lowest BCUT2D eigenvalue weighted by molar-refractivity contribution is 0.424. The molecule has 4 rings (SSSR count). The van der Waals surface area contributed by atoms with E-state index < -0.39 is 7.12 Å². The Morgan fingerprint density at radius 3 is 1.56 bits per heavy atom. The number of rotatable bonds is 2. The molecule has 0 aliphatic carbocycles. The van der Waals surface area contributed by atoms with Crippen molar-refractivity contribution < 1.29 is 20.3 Å². The Morgan fingerprint density at radius 2 is 1.12 bits per heavy atom. The molecular formula is C26H20BBrN2O4. The van der Waals surface area contributed by atoms with Gasteiger partial charge in [0.25, 0.3) is 0 Å². The van der Waals surface area contributed by atoms with Gasteiger partial charge in [-0.2, -0.15) is 10.5 Å². The summed E-state index contributed by atoms with van der Waals surface area (Å²) in [7, 11) is -1.51. The van der Waals surface area contributed by atoms with Gasteiger partial charge >= 0.3 is 7.12 Å². The van der Waals surface area contributed by atoms with E-state index in [2.05, 4.69) is 22.0 Å². The second-order valence-corrected chi connectivity index (χ2v) is 7.74. The predicted molar refractivity (Wildman–Crippen MR) is 135 cm³/mol. The molecule has 168 valence electrons. The average molecular weight is 515 g/mol. The van der Waals surface area contributed by atoms with Gasteiger partial charge in [-0.05, 0) is 77.3 Å². The van der Waals surface area contributed by atoms with Crippen LogP contribution >= 0.6 is 15.9 Å². The summed E-state index contributed by atoms with van der Waals surface area (Å²) in [5.74, 6) is 0.280. The molecular weight excluding hydrogens is 495 g/mol. The van der Waals surface area contributed by atoms with Crippen molar-refractivity contribution in [2.75, 3.05) is 0 Å². The van der Waals surface area contributed by atoms with Gasteiger partial charge in [0, 0.05) is 4.47 Å². The standard InChI is InChI=1S/C13H9NO.C7H4BrN.C6H7BO3/c14-9-10-4-6-11(7-5-10)12-2-1-3-13(15)8-12;8-7-3-1-6(5-9)2-4-7;8-6-3-1-2-5(4-6)7(9)10/h1-8,15H;1-4H;1-4,8-10H. The molecule has 8 heteroatoms. The maximum Gasteiger partial charge on any atom is 0.488 e. The summed E-state index contributed by atoms with van der Waals surface area (Å²) in [6.07, 6.45) is 0. The molecule has 0 spiro atoms. The van der Waals surface area contributed by atoms with Crippen LogP contribution in [0, 0.1) is 22.7 Å². The number of benzene rings is 4. The highest BCUT2D eigenvalue weighted by Crippen LogP contribution is 2.23. The van der Waals surface area contributed by atoms with Crippen LogP contribution in [0.25, 0.3) is 11.1 Å². The van der Waals surface area contributed by atoms with E-state index in [-0.39, 0.29) is 11.5 Å². The molecule has 0 fully saturated rings. The number of aromatic hydroxyl groups is 2. The van der Waals surface area contributed by atoms with E-state index in [1.54, 1.807) is 48.5 Å². The summed E-state index contributed by atoms with van der Waals surface area (Å²) >= 11 is 3.27. The highest BCUT2D eigenvalue weighted by molar-refractivity contribution is 9.10. The molecule has 0 bridgehead atoms. The van der Waals surface area contributed by atoms with Crippen LogP contribution in [0.3, 0.4) is 0 Å². The normalized spacial score (nSPS) is 9.21. The molecule has 6 nitrogen and oxygen atoms in total. The monoisotopic (exact) mass is 514 g/mol. The first-order chi connectivity index (χ1) is 16.3. The van der Waals surface area contributed by atoms with Gasteiger partial charge in [-0.25, -0.2) is 0 Å². The Morgan fingerprint density at radius 1 is 0.618 bits per heavy atom. The molecule has 0 amide bonds. The third-order valence-electron chi connectivity index (χ3n) is 4.34. The highest BCUT2D eigenvalue weighted by atomic mass is 79.9. The summed E-state index contributed by atoms with van der Waals surface area (Å²) in [4.78, 5) is 0. The van der Waals surface area contributed by atoms with Gasteiger partial charge in [0.15, 0.2) is 0 Å². The van der Waals surface area contributed by atoms with Gasteiger partial charge in [-0.1, -0.05) is 52.3 Å². The number of hydrogen-bond acceptors (Lipinski definition) is 6. The number of nitriles is 2. The van der Waals surface area contributed by atoms with Crippen LogP contribution in [0.1, 0.15) is 11.1 Å². The summed E-state index contributed by atoms with van der Waals surface area (Å²) in [6, 6.07) is 31.5. The van der Waals surface area contributed by atoms with Crippen LogP contribution in [0.4, 0.5) is 0 Å². The Balaban J connectivity index is 0.000000189. The van der Waals surface area contributed by atoms with Crippen LogP contribution < -0.4 is 5.46 Å². The fourth-order valence-electron chi connectivity index (χ4n) is 2.63. The fraction of sp³-hybridized carbons (Fsp3) is 0. The van der Waals surface area contributed by atoms with Crippen molar-refractivity contribution in [1.29, 1.82) is 10.5 Å². The first-order valence-corrected chi connectivity index (χ1v) is 10.7. The van der Waals surface area contributed by atoms with Crippen molar-refractivity contribution in [3.8, 4) is 34.8 Å². The molecule has 4 N–H and O–H groups in total. The van der Waals surface area contributed by atoms with E-state index in [0.717, 1.165) is 15.6 Å². The van der Waals surface area contributed by atoms with Crippen molar-refractivity contribution in [1.82, 2.24) is 0 Å². The zero-order valence-corrected chi connectivity index (χ0v) is 19.5. The van der Waals surface area contributed by atoms with Crippen LogP contribution in [0.5, 0.6) is 11.5 Å². The van der Waals surface area contributed by atoms with E-state index >= 15 is 0 Å². The third-order valence-corrected chi connectivity index (χ3v) is 4.86. The van der Waals surface area contributed by atoms with E-state index in [1.165, 1.54) is 18.2 Å². The average Bonchev–Trinajstić information content (AvgIpc) is 2.85. The van der Waals surface area contributed by atoms with Gasteiger partial charge in [0.05, 0.1) is 23.3 Å². The summed E-state index contributed by atoms with van der Waals surface area (Å²) in [5.41, 5.74) is 3.56. The largest absolute Gasteiger partial charge is 0.508 e. The number of phenols is 2. The maximum absolute atomic E-state index is 9.32. The topological polar surface area (TPSA) is 128 Å². The zero-order chi connectivity index (χ0) is 24.9. The summed E-state index contributed by atoms with van der Waals surface area (Å²) in [6.45, 7) is 0. The number of hydrogen-bond donors (Lipinski definition) is 4. The molecule has 0 atom stereocenters. The van der Waals surface area contributed by atoms with E-state index in [0.29, 0.717) is 16.6 Å². The first kappa shape index (κ1) is 26.2. The van der Waals surface area contributed by atoms with Crippen LogP contribution in [0.2, 0.25) is 0 Å². The molecule has 0 radical (unpaired) electrons. The predicted octanol–water partition coefficient (Wildman–Crippen LogP) is 4.32. The van der Waals surface area contributed by atoms with Gasteiger partial charge in [-0.15, -0.1) is 0 Å². The quantitative estimate of drug-likeness (QED) is 0.295. The Hall–Kier alpha value is -4.08. The second-order valence-electron chi connectivity index (χ2n) is 6.83. The second kappa shape index (κ2) is 13.5. The van der Waals surface area contributed by atoms with Gasteiger partial charge < -0.3 is 20.3 Å². The van der Waals surface area contributed by atoms with Gasteiger partial charge in [0.1, 0.15) is 11.5 Å². The number of phenolic OH excluding ortho intramolecular Hbond substituents is 2. The molecule has 0 saturated heterocycles. The van der Waals surface area contributed by atoms with Gasteiger partial charge in [0.2, 0.25) is 0 Å². The van der Waals surface area contributed by atoms with E-state index in [9.17, 15) is 5.11 Å². The molecule has 0 aromatic heterocycles. The lowest BCUT2D eigenvalue weighted by Crippen LogP contribution is -2.29. The smallest absolute Gasteiger partial charge is 0.488 e. The maximum atomic E-state index is 9.32. The SMILES string of the molecule is N#Cc1ccc(-c2cccc(O)c2)cc1.N#Cc1ccc(Br)cc1.OB(O)c1cccc(O)c1. The summed E-state index contributed by atoms with van der Waals surface area (Å²) in [5, 5.41) is 52.4. The Bertz CT molecular complexity index is 1280. The van der Waals surface area contributed by atoms with Crippen molar-refractivity contribution >= 4 is 28.5 Å². The van der Waals surface area contributed by atoms with Crippen molar-refractivity contribution in [2.45, 2.75) is 0 Å². The molecule has 0 aliphatic rings. The molecule has 0 heterocycles. The van der Waals surface area contributed by atoms with Crippen molar-refractivity contribution in [3.05, 3.63) is 113 Å². The van der Waals surface area contributed by atoms with Gasteiger partial charge in [-0.3, -0.25) is 0 Å². The minimum atomic E-state index is -1.51. The van der Waals surface area contributed by atoms with Crippen molar-refractivity contribution in [2.24, 2.45) is 0 Å². The Kier molecular flexibility index (Phi) is 10.4. The van der Waals surface area contributed by atoms with Crippen LogP contribution in [-0.4, -0.2) is 27.4 Å². The lowest BCUT2D eigenvalue weighted by atomic mass is 9.80. The number of halogens is 1. The number of nitrogens with zero attached hydrogens (tertiary/aromatic N) is 2.